The number of aliphatic hydroxyl groups is 1. The average molecular weight is 680 g/mol. The van der Waals surface area contributed by atoms with Crippen LogP contribution in [0.3, 0.4) is 0 Å². The third-order valence-corrected chi connectivity index (χ3v) is 9.90. The molecule has 2 aliphatic heterocycles. The lowest BCUT2D eigenvalue weighted by Crippen LogP contribution is -2.46. The molecule has 10 heteroatoms. The molecule has 6 rings (SSSR count). The van der Waals surface area contributed by atoms with Crippen molar-refractivity contribution < 1.29 is 33.8 Å². The van der Waals surface area contributed by atoms with E-state index < -0.39 is 30.1 Å². The number of fused-ring (bicyclic) bond motifs is 4. The Labute approximate surface area is 292 Å². The second kappa shape index (κ2) is 16.6. The van der Waals surface area contributed by atoms with Crippen molar-refractivity contribution >= 4 is 23.9 Å². The van der Waals surface area contributed by atoms with Gasteiger partial charge in [0.15, 0.2) is 0 Å². The van der Waals surface area contributed by atoms with Gasteiger partial charge in [-0.3, -0.25) is 9.59 Å². The summed E-state index contributed by atoms with van der Waals surface area (Å²) in [6.07, 6.45) is 5.98. The Morgan fingerprint density at radius 3 is 2.34 bits per heavy atom. The van der Waals surface area contributed by atoms with E-state index in [1.54, 1.807) is 4.90 Å². The molecule has 0 bridgehead atoms. The number of alkyl carbamates (subject to hydrolysis) is 1. The van der Waals surface area contributed by atoms with Crippen LogP contribution in [0.5, 0.6) is 0 Å². The molecule has 4 atom stereocenters. The van der Waals surface area contributed by atoms with Gasteiger partial charge in [0.05, 0.1) is 24.6 Å². The quantitative estimate of drug-likeness (QED) is 0.217. The number of benzene rings is 3. The van der Waals surface area contributed by atoms with E-state index in [4.69, 9.17) is 9.47 Å². The van der Waals surface area contributed by atoms with E-state index in [2.05, 4.69) is 22.8 Å². The van der Waals surface area contributed by atoms with Gasteiger partial charge < -0.3 is 30.1 Å². The lowest BCUT2D eigenvalue weighted by Gasteiger charge is -2.29. The van der Waals surface area contributed by atoms with E-state index in [1.165, 1.54) is 0 Å². The van der Waals surface area contributed by atoms with Gasteiger partial charge in [-0.1, -0.05) is 91.0 Å². The topological polar surface area (TPSA) is 134 Å². The molecule has 0 aromatic heterocycles. The molecule has 1 aliphatic carbocycles. The fraction of sp³-hybridized carbons (Fsp3) is 0.400. The van der Waals surface area contributed by atoms with Crippen LogP contribution in [-0.4, -0.2) is 78.4 Å². The highest BCUT2D eigenvalue weighted by Crippen LogP contribution is 2.44. The summed E-state index contributed by atoms with van der Waals surface area (Å²) in [6, 6.07) is 24.1. The first-order valence-electron chi connectivity index (χ1n) is 17.6. The molecule has 262 valence electrons. The molecule has 3 aromatic rings. The van der Waals surface area contributed by atoms with Crippen LogP contribution in [0.25, 0.3) is 11.1 Å². The molecule has 50 heavy (non-hydrogen) atoms. The van der Waals surface area contributed by atoms with Crippen molar-refractivity contribution in [3.05, 3.63) is 108 Å². The monoisotopic (exact) mass is 679 g/mol. The number of carbonyl (C=O) groups is 4. The highest BCUT2D eigenvalue weighted by molar-refractivity contribution is 5.87. The minimum Gasteiger partial charge on any atom is -0.462 e. The van der Waals surface area contributed by atoms with Crippen molar-refractivity contribution in [1.82, 2.24) is 15.5 Å². The third kappa shape index (κ3) is 8.42. The first kappa shape index (κ1) is 34.9. The van der Waals surface area contributed by atoms with Crippen LogP contribution in [0.15, 0.2) is 91.0 Å². The first-order valence-corrected chi connectivity index (χ1v) is 17.6. The average Bonchev–Trinajstić information content (AvgIpc) is 3.74. The second-order valence-electron chi connectivity index (χ2n) is 13.3. The molecule has 3 amide bonds. The number of nitrogens with one attached hydrogen (secondary N) is 2. The molecule has 0 saturated carbocycles. The number of amides is 3. The number of ether oxygens (including phenoxy) is 2. The van der Waals surface area contributed by atoms with Gasteiger partial charge in [0, 0.05) is 18.9 Å². The lowest BCUT2D eigenvalue weighted by atomic mass is 9.97. The number of cyclic esters (lactones) is 1. The summed E-state index contributed by atoms with van der Waals surface area (Å²) in [5.74, 6) is -1.74. The smallest absolute Gasteiger partial charge is 0.407 e. The van der Waals surface area contributed by atoms with Gasteiger partial charge in [-0.05, 0) is 66.3 Å². The standard InChI is InChI=1S/C40H45N3O7/c44-24-29(22-27-12-3-1-4-13-27)41-37(45)23-28-14-5-2-6-20-36(39(47)49-25-30-15-11-21-43(30)38(28)46)42-40(48)50-26-35-33-18-9-7-16-31(33)32-17-8-10-19-34(32)35/h1-5,7-10,12-13,16-19,28-30,35-36,44H,6,11,14-15,20-26H2,(H,41,45)(H,42,48)/t28-,29+,30+,36+/m1/s1. The van der Waals surface area contributed by atoms with Crippen molar-refractivity contribution in [3.8, 4) is 11.1 Å². The number of carbonyl (C=O) groups excluding carboxylic acids is 4. The van der Waals surface area contributed by atoms with Gasteiger partial charge in [0.1, 0.15) is 19.3 Å². The predicted molar refractivity (Wildman–Crippen MR) is 188 cm³/mol. The number of aliphatic hydroxyl groups excluding tert-OH is 1. The van der Waals surface area contributed by atoms with Crippen LogP contribution in [0.2, 0.25) is 0 Å². The van der Waals surface area contributed by atoms with E-state index in [0.29, 0.717) is 32.2 Å². The Kier molecular flexibility index (Phi) is 11.6. The summed E-state index contributed by atoms with van der Waals surface area (Å²) in [7, 11) is 0. The third-order valence-electron chi connectivity index (χ3n) is 9.90. The molecule has 3 aromatic carbocycles. The molecular weight excluding hydrogens is 634 g/mol. The van der Waals surface area contributed by atoms with Crippen LogP contribution in [0, 0.1) is 5.92 Å². The summed E-state index contributed by atoms with van der Waals surface area (Å²) in [5.41, 5.74) is 5.44. The molecule has 3 N–H and O–H groups in total. The van der Waals surface area contributed by atoms with Crippen molar-refractivity contribution in [2.75, 3.05) is 26.4 Å². The van der Waals surface area contributed by atoms with E-state index >= 15 is 0 Å². The summed E-state index contributed by atoms with van der Waals surface area (Å²) in [4.78, 5) is 55.0. The molecule has 0 radical (unpaired) electrons. The zero-order valence-corrected chi connectivity index (χ0v) is 28.2. The molecule has 3 aliphatic rings. The first-order chi connectivity index (χ1) is 24.4. The van der Waals surface area contributed by atoms with Crippen molar-refractivity contribution in [2.24, 2.45) is 5.92 Å². The number of hydrogen-bond donors (Lipinski definition) is 3. The molecule has 10 nitrogen and oxygen atoms in total. The van der Waals surface area contributed by atoms with Crippen LogP contribution < -0.4 is 10.6 Å². The van der Waals surface area contributed by atoms with Crippen LogP contribution >= 0.6 is 0 Å². The second-order valence-corrected chi connectivity index (χ2v) is 13.3. The number of hydrogen-bond acceptors (Lipinski definition) is 7. The van der Waals surface area contributed by atoms with Crippen LogP contribution in [-0.2, 0) is 30.3 Å². The highest BCUT2D eigenvalue weighted by atomic mass is 16.6. The normalized spacial score (nSPS) is 21.4. The maximum atomic E-state index is 13.8. The van der Waals surface area contributed by atoms with Gasteiger partial charge in [-0.2, -0.15) is 0 Å². The predicted octanol–water partition coefficient (Wildman–Crippen LogP) is 4.89. The van der Waals surface area contributed by atoms with Gasteiger partial charge in [-0.15, -0.1) is 0 Å². The Bertz CT molecular complexity index is 1650. The molecule has 0 spiro atoms. The van der Waals surface area contributed by atoms with Gasteiger partial charge >= 0.3 is 12.1 Å². The molecule has 0 unspecified atom stereocenters. The van der Waals surface area contributed by atoms with E-state index in [0.717, 1.165) is 34.2 Å². The Balaban J connectivity index is 1.07. The summed E-state index contributed by atoms with van der Waals surface area (Å²) < 4.78 is 11.4. The van der Waals surface area contributed by atoms with Gasteiger partial charge in [0.2, 0.25) is 11.8 Å². The zero-order valence-electron chi connectivity index (χ0n) is 28.2. The minimum absolute atomic E-state index is 0.00342. The fourth-order valence-corrected chi connectivity index (χ4v) is 7.33. The Morgan fingerprint density at radius 1 is 0.920 bits per heavy atom. The van der Waals surface area contributed by atoms with E-state index in [9.17, 15) is 24.3 Å². The lowest BCUT2D eigenvalue weighted by molar-refractivity contribution is -0.150. The molecule has 1 saturated heterocycles. The summed E-state index contributed by atoms with van der Waals surface area (Å²) >= 11 is 0. The molecule has 2 heterocycles. The largest absolute Gasteiger partial charge is 0.462 e. The number of allylic oxidation sites excluding steroid dienone is 2. The van der Waals surface area contributed by atoms with Crippen molar-refractivity contribution in [1.29, 1.82) is 0 Å². The van der Waals surface area contributed by atoms with Gasteiger partial charge in [0.25, 0.3) is 0 Å². The Hall–Kier alpha value is -4.96. The van der Waals surface area contributed by atoms with E-state index in [-0.39, 0.29) is 56.4 Å². The molecule has 1 fully saturated rings. The number of nitrogens with zero attached hydrogens (tertiary/aromatic N) is 1. The van der Waals surface area contributed by atoms with Gasteiger partial charge in [-0.25, -0.2) is 9.59 Å². The maximum Gasteiger partial charge on any atom is 0.407 e. The van der Waals surface area contributed by atoms with Crippen LogP contribution in [0.1, 0.15) is 61.1 Å². The maximum absolute atomic E-state index is 13.8. The molecular formula is C40H45N3O7. The highest BCUT2D eigenvalue weighted by Gasteiger charge is 2.36. The minimum atomic E-state index is -0.928. The fourth-order valence-electron chi connectivity index (χ4n) is 7.33. The van der Waals surface area contributed by atoms with E-state index in [1.807, 2.05) is 78.9 Å². The Morgan fingerprint density at radius 2 is 1.62 bits per heavy atom. The number of rotatable bonds is 9. The summed E-state index contributed by atoms with van der Waals surface area (Å²) in [5, 5.41) is 15.6. The van der Waals surface area contributed by atoms with Crippen LogP contribution in [0.4, 0.5) is 4.79 Å². The SMILES string of the molecule is O=C(C[C@H]1CC=CCC[C@H](NC(=O)OCC2c3ccccc3-c3ccccc32)C(=O)OC[C@@H]2CCCN2C1=O)N[C@H](CO)Cc1ccccc1. The summed E-state index contributed by atoms with van der Waals surface area (Å²) in [6.45, 7) is 0.423. The zero-order chi connectivity index (χ0) is 34.9. The number of esters is 1. The van der Waals surface area contributed by atoms with Crippen molar-refractivity contribution in [3.63, 3.8) is 0 Å². The van der Waals surface area contributed by atoms with Crippen molar-refractivity contribution in [2.45, 2.75) is 69.0 Å².